The SMILES string of the molecule is CCn1nc(C)c(CN2CCC3(CCCN(CC4CC4)C3=O)C2)c1C. The van der Waals surface area contributed by atoms with E-state index in [0.717, 1.165) is 63.7 Å². The molecule has 1 aromatic rings. The zero-order valence-electron chi connectivity index (χ0n) is 16.1. The second-order valence-electron chi connectivity index (χ2n) is 8.50. The van der Waals surface area contributed by atoms with E-state index in [1.807, 2.05) is 0 Å². The van der Waals surface area contributed by atoms with Crippen LogP contribution < -0.4 is 0 Å². The van der Waals surface area contributed by atoms with Crippen molar-refractivity contribution in [2.24, 2.45) is 11.3 Å². The Morgan fingerprint density at radius 3 is 2.68 bits per heavy atom. The number of carbonyl (C=O) groups excluding carboxylic acids is 1. The number of hydrogen-bond donors (Lipinski definition) is 0. The number of nitrogens with zero attached hydrogens (tertiary/aromatic N) is 4. The molecule has 1 atom stereocenters. The summed E-state index contributed by atoms with van der Waals surface area (Å²) in [5, 5.41) is 4.66. The third-order valence-corrected chi connectivity index (χ3v) is 6.65. The molecule has 5 heteroatoms. The fourth-order valence-electron chi connectivity index (χ4n) is 4.90. The molecule has 25 heavy (non-hydrogen) atoms. The predicted molar refractivity (Wildman–Crippen MR) is 98.2 cm³/mol. The van der Waals surface area contributed by atoms with Crippen LogP contribution >= 0.6 is 0 Å². The molecule has 3 heterocycles. The van der Waals surface area contributed by atoms with E-state index in [-0.39, 0.29) is 5.41 Å². The maximum absolute atomic E-state index is 13.2. The zero-order valence-corrected chi connectivity index (χ0v) is 16.1. The Hall–Kier alpha value is -1.36. The average molecular weight is 345 g/mol. The minimum absolute atomic E-state index is 0.101. The quantitative estimate of drug-likeness (QED) is 0.825. The topological polar surface area (TPSA) is 41.4 Å². The first-order valence-corrected chi connectivity index (χ1v) is 10.1. The molecule has 1 amide bonds. The Balaban J connectivity index is 1.45. The maximum atomic E-state index is 13.2. The van der Waals surface area contributed by atoms with Crippen molar-refractivity contribution >= 4 is 5.91 Å². The smallest absolute Gasteiger partial charge is 0.230 e. The van der Waals surface area contributed by atoms with Gasteiger partial charge in [0.2, 0.25) is 5.91 Å². The molecule has 2 aliphatic heterocycles. The highest BCUT2D eigenvalue weighted by atomic mass is 16.2. The summed E-state index contributed by atoms with van der Waals surface area (Å²) in [5.41, 5.74) is 3.68. The van der Waals surface area contributed by atoms with Crippen LogP contribution in [-0.2, 0) is 17.9 Å². The molecule has 1 saturated carbocycles. The summed E-state index contributed by atoms with van der Waals surface area (Å²) in [6, 6.07) is 0. The fourth-order valence-corrected chi connectivity index (χ4v) is 4.90. The zero-order chi connectivity index (χ0) is 17.6. The molecule has 0 N–H and O–H groups in total. The van der Waals surface area contributed by atoms with Crippen LogP contribution in [0.2, 0.25) is 0 Å². The van der Waals surface area contributed by atoms with Crippen LogP contribution in [0, 0.1) is 25.2 Å². The first-order chi connectivity index (χ1) is 12.0. The van der Waals surface area contributed by atoms with Gasteiger partial charge in [-0.25, -0.2) is 0 Å². The van der Waals surface area contributed by atoms with Gasteiger partial charge in [-0.15, -0.1) is 0 Å². The van der Waals surface area contributed by atoms with Crippen LogP contribution in [0.15, 0.2) is 0 Å². The van der Waals surface area contributed by atoms with E-state index < -0.39 is 0 Å². The van der Waals surface area contributed by atoms with E-state index in [0.29, 0.717) is 5.91 Å². The van der Waals surface area contributed by atoms with Gasteiger partial charge in [-0.1, -0.05) is 0 Å². The highest BCUT2D eigenvalue weighted by Gasteiger charge is 2.48. The summed E-state index contributed by atoms with van der Waals surface area (Å²) < 4.78 is 2.10. The number of aromatic nitrogens is 2. The van der Waals surface area contributed by atoms with Crippen molar-refractivity contribution in [3.63, 3.8) is 0 Å². The number of aryl methyl sites for hydroxylation is 2. The lowest BCUT2D eigenvalue weighted by molar-refractivity contribution is -0.145. The Morgan fingerprint density at radius 1 is 1.20 bits per heavy atom. The Kier molecular flexibility index (Phi) is 4.38. The van der Waals surface area contributed by atoms with Crippen LogP contribution in [0.1, 0.15) is 56.0 Å². The molecule has 1 aromatic heterocycles. The summed E-state index contributed by atoms with van der Waals surface area (Å²) in [4.78, 5) is 17.9. The largest absolute Gasteiger partial charge is 0.342 e. The van der Waals surface area contributed by atoms with E-state index in [1.165, 1.54) is 30.5 Å². The predicted octanol–water partition coefficient (Wildman–Crippen LogP) is 2.74. The van der Waals surface area contributed by atoms with Gasteiger partial charge in [0.1, 0.15) is 0 Å². The number of rotatable bonds is 5. The summed E-state index contributed by atoms with van der Waals surface area (Å²) >= 11 is 0. The highest BCUT2D eigenvalue weighted by molar-refractivity contribution is 5.84. The van der Waals surface area contributed by atoms with Crippen LogP contribution in [0.5, 0.6) is 0 Å². The van der Waals surface area contributed by atoms with Crippen molar-refractivity contribution in [2.75, 3.05) is 26.2 Å². The lowest BCUT2D eigenvalue weighted by Crippen LogP contribution is -2.50. The lowest BCUT2D eigenvalue weighted by Gasteiger charge is -2.39. The molecule has 2 saturated heterocycles. The molecule has 0 bridgehead atoms. The molecule has 5 nitrogen and oxygen atoms in total. The van der Waals surface area contributed by atoms with Crippen molar-refractivity contribution < 1.29 is 4.79 Å². The Morgan fingerprint density at radius 2 is 2.00 bits per heavy atom. The van der Waals surface area contributed by atoms with Gasteiger partial charge < -0.3 is 4.90 Å². The Labute approximate surface area is 151 Å². The van der Waals surface area contributed by atoms with Gasteiger partial charge >= 0.3 is 0 Å². The van der Waals surface area contributed by atoms with Gasteiger partial charge in [0.15, 0.2) is 0 Å². The van der Waals surface area contributed by atoms with Crippen LogP contribution in [0.3, 0.4) is 0 Å². The summed E-state index contributed by atoms with van der Waals surface area (Å²) in [6.07, 6.45) is 5.94. The van der Waals surface area contributed by atoms with Crippen molar-refractivity contribution in [3.8, 4) is 0 Å². The van der Waals surface area contributed by atoms with Crippen molar-refractivity contribution in [3.05, 3.63) is 17.0 Å². The maximum Gasteiger partial charge on any atom is 0.230 e. The molecule has 138 valence electrons. The van der Waals surface area contributed by atoms with Crippen LogP contribution in [-0.4, -0.2) is 51.7 Å². The second kappa shape index (κ2) is 6.42. The number of likely N-dealkylation sites (tertiary alicyclic amines) is 2. The van der Waals surface area contributed by atoms with Gasteiger partial charge in [0, 0.05) is 44.0 Å². The number of carbonyl (C=O) groups is 1. The van der Waals surface area contributed by atoms with Gasteiger partial charge in [0.25, 0.3) is 0 Å². The third kappa shape index (κ3) is 3.12. The summed E-state index contributed by atoms with van der Waals surface area (Å²) in [7, 11) is 0. The molecule has 3 aliphatic rings. The fraction of sp³-hybridized carbons (Fsp3) is 0.800. The molecule has 3 fully saturated rings. The van der Waals surface area contributed by atoms with Crippen LogP contribution in [0.25, 0.3) is 0 Å². The lowest BCUT2D eigenvalue weighted by atomic mass is 9.78. The average Bonchev–Trinajstić information content (AvgIpc) is 3.26. The summed E-state index contributed by atoms with van der Waals surface area (Å²) in [5.74, 6) is 1.24. The molecule has 1 spiro atoms. The van der Waals surface area contributed by atoms with Gasteiger partial charge in [-0.05, 0) is 65.3 Å². The molecular weight excluding hydrogens is 312 g/mol. The first kappa shape index (κ1) is 17.1. The standard InChI is InChI=1S/C20H32N4O/c1-4-24-16(3)18(15(2)21-24)13-22-11-9-20(14-22)8-5-10-23(19(20)25)12-17-6-7-17/h17H,4-14H2,1-3H3. The van der Waals surface area contributed by atoms with Gasteiger partial charge in [0.05, 0.1) is 11.1 Å². The minimum atomic E-state index is -0.101. The molecule has 0 radical (unpaired) electrons. The van der Waals surface area contributed by atoms with Crippen molar-refractivity contribution in [1.82, 2.24) is 19.6 Å². The molecule has 4 rings (SSSR count). The van der Waals surface area contributed by atoms with Crippen molar-refractivity contribution in [1.29, 1.82) is 0 Å². The van der Waals surface area contributed by atoms with Gasteiger partial charge in [-0.2, -0.15) is 5.10 Å². The van der Waals surface area contributed by atoms with E-state index in [9.17, 15) is 4.79 Å². The molecular formula is C20H32N4O. The summed E-state index contributed by atoms with van der Waals surface area (Å²) in [6.45, 7) is 12.3. The number of hydrogen-bond acceptors (Lipinski definition) is 3. The first-order valence-electron chi connectivity index (χ1n) is 10.1. The normalized spacial score (nSPS) is 27.6. The monoisotopic (exact) mass is 344 g/mol. The van der Waals surface area contributed by atoms with Gasteiger partial charge in [-0.3, -0.25) is 14.4 Å². The second-order valence-corrected chi connectivity index (χ2v) is 8.50. The van der Waals surface area contributed by atoms with Crippen molar-refractivity contribution in [2.45, 2.75) is 66.0 Å². The molecule has 1 unspecified atom stereocenters. The molecule has 1 aliphatic carbocycles. The van der Waals surface area contributed by atoms with E-state index in [1.54, 1.807) is 0 Å². The highest BCUT2D eigenvalue weighted by Crippen LogP contribution is 2.42. The number of amides is 1. The van der Waals surface area contributed by atoms with Crippen LogP contribution in [0.4, 0.5) is 0 Å². The Bertz CT molecular complexity index is 663. The van der Waals surface area contributed by atoms with E-state index in [2.05, 4.69) is 40.4 Å². The minimum Gasteiger partial charge on any atom is -0.342 e. The van der Waals surface area contributed by atoms with E-state index in [4.69, 9.17) is 0 Å². The third-order valence-electron chi connectivity index (χ3n) is 6.65. The number of piperidine rings is 1. The van der Waals surface area contributed by atoms with E-state index >= 15 is 0 Å². The molecule has 0 aromatic carbocycles.